The number of ether oxygens (including phenoxy) is 1. The minimum atomic E-state index is -0.890. The monoisotopic (exact) mass is 223 g/mol. The Morgan fingerprint density at radius 3 is 2.88 bits per heavy atom. The van der Waals surface area contributed by atoms with E-state index in [0.717, 1.165) is 13.1 Å². The van der Waals surface area contributed by atoms with Crippen LogP contribution in [0.4, 0.5) is 4.39 Å². The van der Waals surface area contributed by atoms with Gasteiger partial charge in [-0.15, -0.1) is 0 Å². The molecule has 0 spiro atoms. The normalized spacial score (nSPS) is 24.2. The Balaban J connectivity index is 1.90. The van der Waals surface area contributed by atoms with E-state index in [4.69, 9.17) is 4.74 Å². The van der Waals surface area contributed by atoms with Crippen LogP contribution in [0.25, 0.3) is 0 Å². The van der Waals surface area contributed by atoms with Gasteiger partial charge in [0.1, 0.15) is 12.3 Å². The van der Waals surface area contributed by atoms with Crippen LogP contribution in [-0.4, -0.2) is 36.9 Å². The Labute approximate surface area is 96.0 Å². The first kappa shape index (κ1) is 11.6. The topological polar surface area (TPSA) is 12.5 Å². The minimum Gasteiger partial charge on any atom is -0.373 e. The van der Waals surface area contributed by atoms with Crippen molar-refractivity contribution in [3.05, 3.63) is 35.9 Å². The zero-order valence-electron chi connectivity index (χ0n) is 9.60. The molecular weight excluding hydrogens is 205 g/mol. The van der Waals surface area contributed by atoms with Gasteiger partial charge in [0.2, 0.25) is 0 Å². The predicted molar refractivity (Wildman–Crippen MR) is 62.0 cm³/mol. The van der Waals surface area contributed by atoms with E-state index < -0.39 is 6.17 Å². The lowest BCUT2D eigenvalue weighted by Gasteiger charge is -2.33. The lowest BCUT2D eigenvalue weighted by Crippen LogP contribution is -2.45. The van der Waals surface area contributed by atoms with E-state index in [9.17, 15) is 4.39 Å². The average Bonchev–Trinajstić information content (AvgIpc) is 2.30. The number of halogens is 1. The van der Waals surface area contributed by atoms with Crippen LogP contribution < -0.4 is 0 Å². The van der Waals surface area contributed by atoms with Crippen LogP contribution in [0.1, 0.15) is 12.5 Å². The number of hydrogen-bond acceptors (Lipinski definition) is 2. The van der Waals surface area contributed by atoms with Crippen molar-refractivity contribution in [2.75, 3.05) is 19.7 Å². The third-order valence-electron chi connectivity index (χ3n) is 2.94. The third-order valence-corrected chi connectivity index (χ3v) is 2.94. The zero-order chi connectivity index (χ0) is 11.4. The molecule has 3 heteroatoms. The van der Waals surface area contributed by atoms with Crippen LogP contribution in [0.15, 0.2) is 30.3 Å². The van der Waals surface area contributed by atoms with E-state index in [2.05, 4.69) is 17.0 Å². The van der Waals surface area contributed by atoms with Crippen molar-refractivity contribution >= 4 is 0 Å². The summed E-state index contributed by atoms with van der Waals surface area (Å²) >= 11 is 0. The van der Waals surface area contributed by atoms with Gasteiger partial charge in [-0.1, -0.05) is 30.3 Å². The second-order valence-electron chi connectivity index (χ2n) is 4.31. The van der Waals surface area contributed by atoms with Crippen molar-refractivity contribution in [2.24, 2.45) is 0 Å². The van der Waals surface area contributed by atoms with Gasteiger partial charge in [0, 0.05) is 19.6 Å². The zero-order valence-corrected chi connectivity index (χ0v) is 9.60. The van der Waals surface area contributed by atoms with Crippen LogP contribution in [0.2, 0.25) is 0 Å². The molecule has 0 unspecified atom stereocenters. The Kier molecular flexibility index (Phi) is 3.91. The molecular formula is C13H18FNO. The van der Waals surface area contributed by atoms with Crippen LogP contribution >= 0.6 is 0 Å². The first-order valence-corrected chi connectivity index (χ1v) is 5.77. The van der Waals surface area contributed by atoms with Gasteiger partial charge in [-0.3, -0.25) is 4.90 Å². The predicted octanol–water partition coefficient (Wildman–Crippen LogP) is 2.25. The van der Waals surface area contributed by atoms with Gasteiger partial charge in [-0.05, 0) is 12.5 Å². The maximum atomic E-state index is 13.1. The quantitative estimate of drug-likeness (QED) is 0.779. The summed E-state index contributed by atoms with van der Waals surface area (Å²) in [4.78, 5) is 2.25. The summed E-state index contributed by atoms with van der Waals surface area (Å²) in [5.74, 6) is 0. The maximum Gasteiger partial charge on any atom is 0.125 e. The summed E-state index contributed by atoms with van der Waals surface area (Å²) in [5, 5.41) is 0. The molecule has 2 atom stereocenters. The van der Waals surface area contributed by atoms with E-state index in [1.165, 1.54) is 5.56 Å². The highest BCUT2D eigenvalue weighted by molar-refractivity contribution is 5.14. The number of rotatable bonds is 3. The summed E-state index contributed by atoms with van der Waals surface area (Å²) in [5.41, 5.74) is 1.27. The number of benzene rings is 1. The van der Waals surface area contributed by atoms with Gasteiger partial charge in [0.25, 0.3) is 0 Å². The van der Waals surface area contributed by atoms with Gasteiger partial charge in [-0.25, -0.2) is 4.39 Å². The molecule has 2 nitrogen and oxygen atoms in total. The Hall–Kier alpha value is -0.930. The molecule has 1 heterocycles. The fourth-order valence-corrected chi connectivity index (χ4v) is 1.99. The van der Waals surface area contributed by atoms with Gasteiger partial charge in [-0.2, -0.15) is 0 Å². The summed E-state index contributed by atoms with van der Waals surface area (Å²) in [6.45, 7) is 4.65. The van der Waals surface area contributed by atoms with E-state index in [0.29, 0.717) is 13.2 Å². The fourth-order valence-electron chi connectivity index (χ4n) is 1.99. The summed E-state index contributed by atoms with van der Waals surface area (Å²) in [6.07, 6.45) is -1.16. The molecule has 1 saturated heterocycles. The van der Waals surface area contributed by atoms with Gasteiger partial charge >= 0.3 is 0 Å². The standard InChI is InChI=1S/C13H18FNO/c1-11(14)13-10-15(7-8-16-13)9-12-5-3-2-4-6-12/h2-6,11,13H,7-10H2,1H3/t11-,13-/m0/s1. The second kappa shape index (κ2) is 5.41. The molecule has 1 aliphatic heterocycles. The largest absolute Gasteiger partial charge is 0.373 e. The molecule has 1 aromatic carbocycles. The molecule has 0 bridgehead atoms. The van der Waals surface area contributed by atoms with Crippen molar-refractivity contribution < 1.29 is 9.13 Å². The van der Waals surface area contributed by atoms with Crippen molar-refractivity contribution in [1.29, 1.82) is 0 Å². The molecule has 2 rings (SSSR count). The smallest absolute Gasteiger partial charge is 0.125 e. The highest BCUT2D eigenvalue weighted by atomic mass is 19.1. The summed E-state index contributed by atoms with van der Waals surface area (Å²) in [6, 6.07) is 10.3. The number of alkyl halides is 1. The number of nitrogens with zero attached hydrogens (tertiary/aromatic N) is 1. The molecule has 0 radical (unpaired) electrons. The van der Waals surface area contributed by atoms with E-state index >= 15 is 0 Å². The van der Waals surface area contributed by atoms with Gasteiger partial charge in [0.05, 0.1) is 6.61 Å². The molecule has 0 N–H and O–H groups in total. The SMILES string of the molecule is C[C@H](F)[C@@H]1CN(Cc2ccccc2)CCO1. The average molecular weight is 223 g/mol. The molecule has 1 aromatic rings. The number of hydrogen-bond donors (Lipinski definition) is 0. The van der Waals surface area contributed by atoms with Crippen LogP contribution in [0.3, 0.4) is 0 Å². The molecule has 0 aromatic heterocycles. The van der Waals surface area contributed by atoms with Gasteiger partial charge in [0.15, 0.2) is 0 Å². The Bertz CT molecular complexity index is 315. The highest BCUT2D eigenvalue weighted by Gasteiger charge is 2.24. The third kappa shape index (κ3) is 3.03. The molecule has 1 aliphatic rings. The van der Waals surface area contributed by atoms with E-state index in [-0.39, 0.29) is 6.10 Å². The van der Waals surface area contributed by atoms with Gasteiger partial charge < -0.3 is 4.74 Å². The Morgan fingerprint density at radius 1 is 1.44 bits per heavy atom. The Morgan fingerprint density at radius 2 is 2.19 bits per heavy atom. The van der Waals surface area contributed by atoms with Crippen LogP contribution in [0.5, 0.6) is 0 Å². The van der Waals surface area contributed by atoms with Crippen molar-refractivity contribution in [3.8, 4) is 0 Å². The fraction of sp³-hybridized carbons (Fsp3) is 0.538. The van der Waals surface area contributed by atoms with Crippen LogP contribution in [-0.2, 0) is 11.3 Å². The second-order valence-corrected chi connectivity index (χ2v) is 4.31. The highest BCUT2D eigenvalue weighted by Crippen LogP contribution is 2.13. The first-order valence-electron chi connectivity index (χ1n) is 5.77. The van der Waals surface area contributed by atoms with Crippen molar-refractivity contribution in [2.45, 2.75) is 25.7 Å². The van der Waals surface area contributed by atoms with E-state index in [1.807, 2.05) is 18.2 Å². The van der Waals surface area contributed by atoms with Crippen LogP contribution in [0, 0.1) is 0 Å². The first-order chi connectivity index (χ1) is 7.75. The molecule has 0 amide bonds. The lowest BCUT2D eigenvalue weighted by molar-refractivity contribution is -0.0634. The summed E-state index contributed by atoms with van der Waals surface area (Å²) in [7, 11) is 0. The molecule has 16 heavy (non-hydrogen) atoms. The molecule has 88 valence electrons. The molecule has 1 fully saturated rings. The summed E-state index contributed by atoms with van der Waals surface area (Å²) < 4.78 is 18.5. The lowest BCUT2D eigenvalue weighted by atomic mass is 10.1. The molecule has 0 saturated carbocycles. The molecule has 0 aliphatic carbocycles. The van der Waals surface area contributed by atoms with Crippen molar-refractivity contribution in [3.63, 3.8) is 0 Å². The minimum absolute atomic E-state index is 0.266. The van der Waals surface area contributed by atoms with Crippen molar-refractivity contribution in [1.82, 2.24) is 4.90 Å². The maximum absolute atomic E-state index is 13.1. The van der Waals surface area contributed by atoms with E-state index in [1.54, 1.807) is 6.92 Å². The number of morpholine rings is 1.